The number of nitriles is 1. The molecular formula is C14H14N2O. The predicted molar refractivity (Wildman–Crippen MR) is 66.6 cm³/mol. The number of unbranched alkanes of at least 4 members (excludes halogenated alkanes) is 1. The van der Waals surface area contributed by atoms with Crippen LogP contribution in [0.5, 0.6) is 0 Å². The van der Waals surface area contributed by atoms with Crippen LogP contribution in [0.2, 0.25) is 0 Å². The number of nitrogens with zero attached hydrogens (tertiary/aromatic N) is 2. The molecule has 1 unspecified atom stereocenters. The molecule has 86 valence electrons. The summed E-state index contributed by atoms with van der Waals surface area (Å²) in [5.74, 6) is -0.729. The Morgan fingerprint density at radius 2 is 2.24 bits per heavy atom. The minimum Gasteiger partial charge on any atom is -0.311 e. The van der Waals surface area contributed by atoms with Crippen molar-refractivity contribution in [3.05, 3.63) is 42.5 Å². The average Bonchev–Trinajstić information content (AvgIpc) is 2.62. The van der Waals surface area contributed by atoms with Gasteiger partial charge in [0.15, 0.2) is 5.92 Å². The van der Waals surface area contributed by atoms with E-state index < -0.39 is 5.92 Å². The molecule has 3 nitrogen and oxygen atoms in total. The standard InChI is InChI=1S/C14H14N2O/c1-2-3-6-9-16-13-8-5-4-7-11(13)12(10-15)14(16)17/h2,4-5,7-8,12H,1,3,6,9H2. The highest BCUT2D eigenvalue weighted by Gasteiger charge is 2.36. The third-order valence-electron chi connectivity index (χ3n) is 2.97. The van der Waals surface area contributed by atoms with Crippen molar-refractivity contribution >= 4 is 11.6 Å². The molecule has 0 bridgehead atoms. The summed E-state index contributed by atoms with van der Waals surface area (Å²) in [7, 11) is 0. The zero-order chi connectivity index (χ0) is 12.3. The Kier molecular flexibility index (Phi) is 3.24. The monoisotopic (exact) mass is 226 g/mol. The third kappa shape index (κ3) is 1.94. The van der Waals surface area contributed by atoms with E-state index in [-0.39, 0.29) is 5.91 Å². The highest BCUT2D eigenvalue weighted by atomic mass is 16.2. The van der Waals surface area contributed by atoms with Gasteiger partial charge in [-0.1, -0.05) is 24.3 Å². The number of carbonyl (C=O) groups is 1. The second-order valence-electron chi connectivity index (χ2n) is 4.04. The van der Waals surface area contributed by atoms with Gasteiger partial charge >= 0.3 is 0 Å². The lowest BCUT2D eigenvalue weighted by Crippen LogP contribution is -2.29. The molecule has 1 aromatic rings. The maximum Gasteiger partial charge on any atom is 0.248 e. The number of fused-ring (bicyclic) bond motifs is 1. The zero-order valence-corrected chi connectivity index (χ0v) is 9.60. The number of rotatable bonds is 4. The highest BCUT2D eigenvalue weighted by molar-refractivity contribution is 6.06. The average molecular weight is 226 g/mol. The number of anilines is 1. The molecule has 0 spiro atoms. The Morgan fingerprint density at radius 3 is 2.94 bits per heavy atom. The Bertz CT molecular complexity index is 487. The van der Waals surface area contributed by atoms with Crippen LogP contribution in [0.15, 0.2) is 36.9 Å². The molecule has 1 heterocycles. The second kappa shape index (κ2) is 4.84. The van der Waals surface area contributed by atoms with Crippen LogP contribution < -0.4 is 4.90 Å². The summed E-state index contributed by atoms with van der Waals surface area (Å²) in [6.45, 7) is 4.32. The molecule has 0 saturated heterocycles. The van der Waals surface area contributed by atoms with E-state index in [9.17, 15) is 4.79 Å². The van der Waals surface area contributed by atoms with Crippen LogP contribution in [0, 0.1) is 11.3 Å². The lowest BCUT2D eigenvalue weighted by atomic mass is 10.0. The van der Waals surface area contributed by atoms with E-state index in [1.807, 2.05) is 30.3 Å². The van der Waals surface area contributed by atoms with Gasteiger partial charge in [0.05, 0.1) is 6.07 Å². The van der Waals surface area contributed by atoms with E-state index in [2.05, 4.69) is 12.6 Å². The number of hydrogen-bond donors (Lipinski definition) is 0. The molecule has 1 aliphatic heterocycles. The fraction of sp³-hybridized carbons (Fsp3) is 0.286. The van der Waals surface area contributed by atoms with Gasteiger partial charge in [-0.3, -0.25) is 4.79 Å². The van der Waals surface area contributed by atoms with Gasteiger partial charge in [0.25, 0.3) is 0 Å². The van der Waals surface area contributed by atoms with Gasteiger partial charge in [-0.25, -0.2) is 0 Å². The molecule has 0 fully saturated rings. The minimum absolute atomic E-state index is 0.0993. The maximum absolute atomic E-state index is 12.1. The molecule has 0 saturated carbocycles. The van der Waals surface area contributed by atoms with Crippen LogP contribution in [0.25, 0.3) is 0 Å². The van der Waals surface area contributed by atoms with E-state index in [1.54, 1.807) is 4.90 Å². The lowest BCUT2D eigenvalue weighted by Gasteiger charge is -2.16. The van der Waals surface area contributed by atoms with Crippen molar-refractivity contribution < 1.29 is 4.79 Å². The smallest absolute Gasteiger partial charge is 0.248 e. The molecule has 0 radical (unpaired) electrons. The fourth-order valence-corrected chi connectivity index (χ4v) is 2.13. The molecule has 0 aliphatic carbocycles. The van der Waals surface area contributed by atoms with E-state index in [1.165, 1.54) is 0 Å². The van der Waals surface area contributed by atoms with Crippen molar-refractivity contribution in [2.45, 2.75) is 18.8 Å². The number of amides is 1. The predicted octanol–water partition coefficient (Wildman–Crippen LogP) is 2.61. The first-order valence-electron chi connectivity index (χ1n) is 5.70. The van der Waals surface area contributed by atoms with Crippen molar-refractivity contribution in [3.8, 4) is 6.07 Å². The summed E-state index contributed by atoms with van der Waals surface area (Å²) in [5.41, 5.74) is 1.71. The van der Waals surface area contributed by atoms with Crippen LogP contribution in [0.1, 0.15) is 24.3 Å². The minimum atomic E-state index is -0.630. The molecule has 17 heavy (non-hydrogen) atoms. The van der Waals surface area contributed by atoms with Gasteiger partial charge < -0.3 is 4.90 Å². The van der Waals surface area contributed by atoms with Gasteiger partial charge in [-0.15, -0.1) is 6.58 Å². The molecular weight excluding hydrogens is 212 g/mol. The van der Waals surface area contributed by atoms with Crippen molar-refractivity contribution in [3.63, 3.8) is 0 Å². The molecule has 1 atom stereocenters. The highest BCUT2D eigenvalue weighted by Crippen LogP contribution is 2.36. The summed E-state index contributed by atoms with van der Waals surface area (Å²) in [4.78, 5) is 13.8. The largest absolute Gasteiger partial charge is 0.311 e. The second-order valence-corrected chi connectivity index (χ2v) is 4.04. The van der Waals surface area contributed by atoms with Gasteiger partial charge in [-0.05, 0) is 18.9 Å². The Labute approximate surface area is 101 Å². The topological polar surface area (TPSA) is 44.1 Å². The third-order valence-corrected chi connectivity index (χ3v) is 2.97. The van der Waals surface area contributed by atoms with Crippen LogP contribution in [0.4, 0.5) is 5.69 Å². The summed E-state index contributed by atoms with van der Waals surface area (Å²) in [6.07, 6.45) is 3.60. The summed E-state index contributed by atoms with van der Waals surface area (Å²) in [6, 6.07) is 9.60. The lowest BCUT2D eigenvalue weighted by molar-refractivity contribution is -0.118. The zero-order valence-electron chi connectivity index (χ0n) is 9.60. The SMILES string of the molecule is C=CCCCN1C(=O)C(C#N)c2ccccc21. The van der Waals surface area contributed by atoms with E-state index in [0.717, 1.165) is 24.1 Å². The van der Waals surface area contributed by atoms with Gasteiger partial charge in [0.1, 0.15) is 0 Å². The Balaban J connectivity index is 2.26. The normalized spacial score (nSPS) is 17.7. The first-order valence-corrected chi connectivity index (χ1v) is 5.70. The van der Waals surface area contributed by atoms with Gasteiger partial charge in [0.2, 0.25) is 5.91 Å². The molecule has 2 rings (SSSR count). The van der Waals surface area contributed by atoms with Crippen LogP contribution in [-0.4, -0.2) is 12.5 Å². The quantitative estimate of drug-likeness (QED) is 0.585. The molecule has 0 N–H and O–H groups in total. The summed E-state index contributed by atoms with van der Waals surface area (Å²) in [5, 5.41) is 9.06. The van der Waals surface area contributed by atoms with Crippen LogP contribution >= 0.6 is 0 Å². The number of allylic oxidation sites excluding steroid dienone is 1. The molecule has 1 aromatic carbocycles. The number of carbonyl (C=O) groups excluding carboxylic acids is 1. The number of benzene rings is 1. The first-order chi connectivity index (χ1) is 8.29. The first kappa shape index (κ1) is 11.4. The van der Waals surface area contributed by atoms with E-state index >= 15 is 0 Å². The number of para-hydroxylation sites is 1. The fourth-order valence-electron chi connectivity index (χ4n) is 2.13. The van der Waals surface area contributed by atoms with E-state index in [0.29, 0.717) is 6.54 Å². The van der Waals surface area contributed by atoms with Crippen molar-refractivity contribution in [1.82, 2.24) is 0 Å². The van der Waals surface area contributed by atoms with Gasteiger partial charge in [0, 0.05) is 17.8 Å². The Hall–Kier alpha value is -2.08. The molecule has 0 aromatic heterocycles. The van der Waals surface area contributed by atoms with Crippen molar-refractivity contribution in [1.29, 1.82) is 5.26 Å². The summed E-state index contributed by atoms with van der Waals surface area (Å²) >= 11 is 0. The molecule has 1 amide bonds. The van der Waals surface area contributed by atoms with Crippen LogP contribution in [0.3, 0.4) is 0 Å². The van der Waals surface area contributed by atoms with Gasteiger partial charge in [-0.2, -0.15) is 5.26 Å². The van der Waals surface area contributed by atoms with Crippen molar-refractivity contribution in [2.75, 3.05) is 11.4 Å². The van der Waals surface area contributed by atoms with Crippen LogP contribution in [-0.2, 0) is 4.79 Å². The maximum atomic E-state index is 12.1. The number of hydrogen-bond acceptors (Lipinski definition) is 2. The molecule has 3 heteroatoms. The van der Waals surface area contributed by atoms with Crippen molar-refractivity contribution in [2.24, 2.45) is 0 Å². The Morgan fingerprint density at radius 1 is 1.47 bits per heavy atom. The summed E-state index contributed by atoms with van der Waals surface area (Å²) < 4.78 is 0. The molecule has 1 aliphatic rings. The van der Waals surface area contributed by atoms with E-state index in [4.69, 9.17) is 5.26 Å².